The zero-order valence-electron chi connectivity index (χ0n) is 13.1. The Morgan fingerprint density at radius 2 is 2.05 bits per heavy atom. The van der Waals surface area contributed by atoms with E-state index in [-0.39, 0.29) is 0 Å². The van der Waals surface area contributed by atoms with Gasteiger partial charge in [0.2, 0.25) is 0 Å². The third-order valence-corrected chi connectivity index (χ3v) is 6.32. The lowest BCUT2D eigenvalue weighted by molar-refractivity contribution is 0.373. The highest BCUT2D eigenvalue weighted by Gasteiger charge is 2.45. The van der Waals surface area contributed by atoms with Crippen LogP contribution in [0.25, 0.3) is 0 Å². The fraction of sp³-hybridized carbons (Fsp3) is 0.474. The normalized spacial score (nSPS) is 30.6. The molecule has 2 fully saturated rings. The van der Waals surface area contributed by atoms with Crippen molar-refractivity contribution in [2.75, 3.05) is 0 Å². The topological polar surface area (TPSA) is 24.1 Å². The van der Waals surface area contributed by atoms with Crippen LogP contribution in [0.15, 0.2) is 41.8 Å². The first-order chi connectivity index (χ1) is 10.8. The molecule has 1 aromatic heterocycles. The summed E-state index contributed by atoms with van der Waals surface area (Å²) in [7, 11) is 0. The number of thiophene rings is 1. The van der Waals surface area contributed by atoms with Crippen molar-refractivity contribution in [1.29, 1.82) is 0 Å². The molecule has 116 valence electrons. The summed E-state index contributed by atoms with van der Waals surface area (Å²) in [4.78, 5) is 1.44. The maximum Gasteiger partial charge on any atom is 0.0481 e. The number of hydrogen-bond donors (Lipinski definition) is 2. The monoisotopic (exact) mass is 312 g/mol. The van der Waals surface area contributed by atoms with Gasteiger partial charge >= 0.3 is 0 Å². The second-order valence-corrected chi connectivity index (χ2v) is 7.79. The highest BCUT2D eigenvalue weighted by atomic mass is 32.1. The Balaban J connectivity index is 1.54. The summed E-state index contributed by atoms with van der Waals surface area (Å²) in [6.07, 6.45) is 4.07. The lowest BCUT2D eigenvalue weighted by Gasteiger charge is -2.25. The fourth-order valence-electron chi connectivity index (χ4n) is 4.26. The molecular weight excluding hydrogens is 288 g/mol. The summed E-state index contributed by atoms with van der Waals surface area (Å²) in [6.45, 7) is 3.22. The number of nitrogens with one attached hydrogen (secondary N) is 2. The number of aryl methyl sites for hydroxylation is 1. The summed E-state index contributed by atoms with van der Waals surface area (Å²) >= 11 is 1.85. The smallest absolute Gasteiger partial charge is 0.0481 e. The summed E-state index contributed by atoms with van der Waals surface area (Å²) in [5.74, 6) is 0.782. The van der Waals surface area contributed by atoms with Crippen molar-refractivity contribution in [3.63, 3.8) is 0 Å². The second kappa shape index (κ2) is 6.15. The Morgan fingerprint density at radius 1 is 1.18 bits per heavy atom. The third-order valence-electron chi connectivity index (χ3n) is 5.44. The predicted molar refractivity (Wildman–Crippen MR) is 93.1 cm³/mol. The molecule has 22 heavy (non-hydrogen) atoms. The van der Waals surface area contributed by atoms with Gasteiger partial charge in [-0.2, -0.15) is 0 Å². The predicted octanol–water partition coefficient (Wildman–Crippen LogP) is 4.03. The molecule has 4 atom stereocenters. The van der Waals surface area contributed by atoms with Crippen LogP contribution in [0.3, 0.4) is 0 Å². The highest BCUT2D eigenvalue weighted by molar-refractivity contribution is 7.10. The Morgan fingerprint density at radius 3 is 2.82 bits per heavy atom. The van der Waals surface area contributed by atoms with Crippen molar-refractivity contribution in [3.05, 3.63) is 57.8 Å². The molecule has 0 spiro atoms. The first-order valence-corrected chi connectivity index (χ1v) is 9.28. The Bertz CT molecular complexity index is 621. The van der Waals surface area contributed by atoms with Crippen LogP contribution < -0.4 is 10.6 Å². The molecule has 0 bridgehead atoms. The van der Waals surface area contributed by atoms with Crippen molar-refractivity contribution >= 4 is 11.3 Å². The van der Waals surface area contributed by atoms with Crippen LogP contribution in [-0.2, 0) is 6.54 Å². The maximum absolute atomic E-state index is 3.90. The van der Waals surface area contributed by atoms with Gasteiger partial charge in [-0.05, 0) is 48.3 Å². The molecule has 2 aliphatic rings. The third kappa shape index (κ3) is 2.62. The van der Waals surface area contributed by atoms with Crippen molar-refractivity contribution in [3.8, 4) is 0 Å². The zero-order chi connectivity index (χ0) is 14.9. The van der Waals surface area contributed by atoms with Gasteiger partial charge in [-0.25, -0.2) is 0 Å². The van der Waals surface area contributed by atoms with E-state index in [2.05, 4.69) is 59.3 Å². The molecule has 2 N–H and O–H groups in total. The maximum atomic E-state index is 3.90. The number of rotatable bonds is 4. The van der Waals surface area contributed by atoms with Crippen molar-refractivity contribution in [2.45, 2.75) is 50.9 Å². The van der Waals surface area contributed by atoms with Crippen LogP contribution in [0.5, 0.6) is 0 Å². The number of benzene rings is 1. The van der Waals surface area contributed by atoms with E-state index in [0.717, 1.165) is 12.5 Å². The van der Waals surface area contributed by atoms with E-state index in [4.69, 9.17) is 0 Å². The van der Waals surface area contributed by atoms with Crippen LogP contribution in [0.1, 0.15) is 41.3 Å². The van der Waals surface area contributed by atoms with Gasteiger partial charge < -0.3 is 10.6 Å². The first-order valence-electron chi connectivity index (χ1n) is 8.40. The highest BCUT2D eigenvalue weighted by Crippen LogP contribution is 2.41. The van der Waals surface area contributed by atoms with Gasteiger partial charge in [-0.3, -0.25) is 0 Å². The molecule has 1 saturated carbocycles. The lowest BCUT2D eigenvalue weighted by atomic mass is 9.91. The van der Waals surface area contributed by atoms with Crippen molar-refractivity contribution in [2.24, 2.45) is 5.92 Å². The number of fused-ring (bicyclic) bond motifs is 1. The minimum Gasteiger partial charge on any atom is -0.308 e. The van der Waals surface area contributed by atoms with E-state index in [9.17, 15) is 0 Å². The summed E-state index contributed by atoms with van der Waals surface area (Å²) in [5.41, 5.74) is 2.88. The second-order valence-electron chi connectivity index (χ2n) is 6.66. The van der Waals surface area contributed by atoms with Crippen LogP contribution in [0.4, 0.5) is 0 Å². The molecule has 2 aromatic rings. The zero-order valence-corrected chi connectivity index (χ0v) is 13.9. The van der Waals surface area contributed by atoms with Gasteiger partial charge in [0.1, 0.15) is 0 Å². The van der Waals surface area contributed by atoms with E-state index in [1.54, 1.807) is 0 Å². The van der Waals surface area contributed by atoms with Gasteiger partial charge in [0.25, 0.3) is 0 Å². The van der Waals surface area contributed by atoms with E-state index < -0.39 is 0 Å². The molecule has 0 amide bonds. The molecule has 0 radical (unpaired) electrons. The minimum absolute atomic E-state index is 0.454. The molecule has 3 heteroatoms. The molecule has 2 heterocycles. The summed E-state index contributed by atoms with van der Waals surface area (Å²) in [5, 5.41) is 9.99. The van der Waals surface area contributed by atoms with Crippen molar-refractivity contribution < 1.29 is 0 Å². The van der Waals surface area contributed by atoms with E-state index in [1.807, 2.05) is 11.3 Å². The standard InChI is InChI=1S/C19H24N2S/c1-13-15(10-11-22-13)12-20-19-16-8-5-9-17(16)21-18(19)14-6-3-2-4-7-14/h2-4,6-7,10-11,16-21H,5,8-9,12H2,1H3. The van der Waals surface area contributed by atoms with Crippen LogP contribution >= 0.6 is 11.3 Å². The Labute approximate surface area is 137 Å². The summed E-state index contributed by atoms with van der Waals surface area (Å²) in [6, 6.07) is 14.9. The number of hydrogen-bond acceptors (Lipinski definition) is 3. The molecule has 4 rings (SSSR count). The Kier molecular flexibility index (Phi) is 4.03. The average Bonchev–Trinajstić information content (AvgIpc) is 3.22. The average molecular weight is 312 g/mol. The van der Waals surface area contributed by atoms with Gasteiger partial charge in [0.15, 0.2) is 0 Å². The molecule has 2 nitrogen and oxygen atoms in total. The van der Waals surface area contributed by atoms with Crippen LogP contribution in [-0.4, -0.2) is 12.1 Å². The van der Waals surface area contributed by atoms with E-state index >= 15 is 0 Å². The van der Waals surface area contributed by atoms with E-state index in [1.165, 1.54) is 35.3 Å². The fourth-order valence-corrected chi connectivity index (χ4v) is 4.99. The quantitative estimate of drug-likeness (QED) is 0.891. The van der Waals surface area contributed by atoms with Crippen LogP contribution in [0, 0.1) is 12.8 Å². The van der Waals surface area contributed by atoms with Crippen molar-refractivity contribution in [1.82, 2.24) is 10.6 Å². The summed E-state index contributed by atoms with van der Waals surface area (Å²) < 4.78 is 0. The molecular formula is C19H24N2S. The van der Waals surface area contributed by atoms with Gasteiger partial charge in [-0.1, -0.05) is 36.8 Å². The molecule has 4 unspecified atom stereocenters. The SMILES string of the molecule is Cc1sccc1CNC1C(c2ccccc2)NC2CCCC21. The van der Waals surface area contributed by atoms with Gasteiger partial charge in [-0.15, -0.1) is 11.3 Å². The van der Waals surface area contributed by atoms with Crippen LogP contribution in [0.2, 0.25) is 0 Å². The van der Waals surface area contributed by atoms with E-state index in [0.29, 0.717) is 18.1 Å². The lowest BCUT2D eigenvalue weighted by Crippen LogP contribution is -2.37. The molecule has 1 aromatic carbocycles. The minimum atomic E-state index is 0.454. The van der Waals surface area contributed by atoms with Gasteiger partial charge in [0, 0.05) is 29.5 Å². The largest absolute Gasteiger partial charge is 0.308 e. The Hall–Kier alpha value is -1.16. The van der Waals surface area contributed by atoms with Gasteiger partial charge in [0.05, 0.1) is 0 Å². The molecule has 1 saturated heterocycles. The first kappa shape index (κ1) is 14.4. The molecule has 1 aliphatic heterocycles. The molecule has 1 aliphatic carbocycles.